The molecule has 4 rings (SSSR count). The minimum absolute atomic E-state index is 0.0924. The van der Waals surface area contributed by atoms with Crippen LogP contribution in [0.4, 0.5) is 0 Å². The van der Waals surface area contributed by atoms with Crippen molar-refractivity contribution >= 4 is 11.5 Å². The van der Waals surface area contributed by atoms with Gasteiger partial charge in [0.2, 0.25) is 0 Å². The van der Waals surface area contributed by atoms with E-state index in [-0.39, 0.29) is 17.3 Å². The van der Waals surface area contributed by atoms with E-state index in [1.54, 1.807) is 0 Å². The van der Waals surface area contributed by atoms with Crippen LogP contribution in [-0.2, 0) is 4.79 Å². The van der Waals surface area contributed by atoms with Gasteiger partial charge in [0.05, 0.1) is 6.10 Å². The van der Waals surface area contributed by atoms with Crippen molar-refractivity contribution in [2.75, 3.05) is 0 Å². The van der Waals surface area contributed by atoms with Gasteiger partial charge in [-0.05, 0) is 74.0 Å². The van der Waals surface area contributed by atoms with Crippen molar-refractivity contribution in [1.82, 2.24) is 0 Å². The van der Waals surface area contributed by atoms with E-state index in [0.717, 1.165) is 32.1 Å². The molecule has 4 aliphatic rings. The number of hydrogen-bond acceptors (Lipinski definition) is 4. The van der Waals surface area contributed by atoms with Gasteiger partial charge in [-0.15, -0.1) is 0 Å². The molecule has 0 spiro atoms. The van der Waals surface area contributed by atoms with E-state index in [1.165, 1.54) is 12.8 Å². The minimum Gasteiger partial charge on any atom is -0.411 e. The van der Waals surface area contributed by atoms with Crippen LogP contribution >= 0.6 is 0 Å². The Morgan fingerprint density at radius 2 is 1.87 bits per heavy atom. The second kappa shape index (κ2) is 5.05. The maximum Gasteiger partial charge on any atom is 0.186 e. The summed E-state index contributed by atoms with van der Waals surface area (Å²) < 4.78 is 0. The summed E-state index contributed by atoms with van der Waals surface area (Å²) in [7, 11) is 0. The molecular weight excluding hydrogens is 290 g/mol. The van der Waals surface area contributed by atoms with Crippen LogP contribution in [-0.4, -0.2) is 27.9 Å². The zero-order chi connectivity index (χ0) is 16.4. The lowest BCUT2D eigenvalue weighted by molar-refractivity contribution is -0.141. The highest BCUT2D eigenvalue weighted by Crippen LogP contribution is 2.65. The number of carbonyl (C=O) groups is 1. The van der Waals surface area contributed by atoms with Gasteiger partial charge in [0.1, 0.15) is 5.71 Å². The zero-order valence-corrected chi connectivity index (χ0v) is 14.3. The molecular formula is C19H29NO3. The summed E-state index contributed by atoms with van der Waals surface area (Å²) in [5, 5.41) is 22.6. The van der Waals surface area contributed by atoms with Gasteiger partial charge >= 0.3 is 0 Å². The lowest BCUT2D eigenvalue weighted by atomic mass is 9.45. The van der Waals surface area contributed by atoms with Crippen LogP contribution in [0, 0.1) is 34.5 Å². The molecule has 0 aliphatic heterocycles. The van der Waals surface area contributed by atoms with E-state index in [2.05, 4.69) is 19.0 Å². The van der Waals surface area contributed by atoms with Gasteiger partial charge in [0.25, 0.3) is 0 Å². The summed E-state index contributed by atoms with van der Waals surface area (Å²) in [6.45, 7) is 4.55. The highest BCUT2D eigenvalue weighted by Gasteiger charge is 2.61. The summed E-state index contributed by atoms with van der Waals surface area (Å²) >= 11 is 0. The first-order chi connectivity index (χ1) is 10.9. The van der Waals surface area contributed by atoms with Crippen LogP contribution in [0.25, 0.3) is 0 Å². The number of fused-ring (bicyclic) bond motifs is 5. The average Bonchev–Trinajstić information content (AvgIpc) is 2.79. The van der Waals surface area contributed by atoms with E-state index in [4.69, 9.17) is 0 Å². The van der Waals surface area contributed by atoms with Gasteiger partial charge in [-0.1, -0.05) is 19.0 Å². The lowest BCUT2D eigenvalue weighted by Gasteiger charge is -2.59. The molecule has 0 unspecified atom stereocenters. The Bertz CT molecular complexity index is 559. The van der Waals surface area contributed by atoms with Crippen molar-refractivity contribution in [3.8, 4) is 0 Å². The molecule has 0 aromatic heterocycles. The lowest BCUT2D eigenvalue weighted by Crippen LogP contribution is -2.54. The third-order valence-electron chi connectivity index (χ3n) is 8.34. The van der Waals surface area contributed by atoms with Crippen molar-refractivity contribution in [3.63, 3.8) is 0 Å². The predicted octanol–water partition coefficient (Wildman–Crippen LogP) is 3.40. The Kier molecular flexibility index (Phi) is 3.43. The Labute approximate surface area is 138 Å². The standard InChI is InChI=1S/C19H29NO3/c1-18-7-5-12(21)9-11(18)3-4-13-14(18)6-8-19(2)15(13)10-16(20-23)17(19)22/h11-15,21,23H,3-10H2,1-2H3/t11-,12+,13-,14+,15+,18-,19+/m0/s1. The van der Waals surface area contributed by atoms with Gasteiger partial charge in [-0.3, -0.25) is 4.79 Å². The second-order valence-corrected chi connectivity index (χ2v) is 9.12. The van der Waals surface area contributed by atoms with Crippen molar-refractivity contribution in [2.45, 2.75) is 71.3 Å². The predicted molar refractivity (Wildman–Crippen MR) is 87.3 cm³/mol. The highest BCUT2D eigenvalue weighted by molar-refractivity contribution is 6.43. The van der Waals surface area contributed by atoms with Crippen molar-refractivity contribution < 1.29 is 15.1 Å². The molecule has 0 aromatic rings. The molecule has 2 N–H and O–H groups in total. The minimum atomic E-state index is -0.305. The van der Waals surface area contributed by atoms with Crippen LogP contribution in [0.3, 0.4) is 0 Å². The summed E-state index contributed by atoms with van der Waals surface area (Å²) in [4.78, 5) is 12.6. The Balaban J connectivity index is 1.66. The molecule has 0 heterocycles. The number of rotatable bonds is 0. The number of aliphatic hydroxyl groups excluding tert-OH is 1. The Morgan fingerprint density at radius 1 is 1.09 bits per heavy atom. The maximum atomic E-state index is 12.6. The van der Waals surface area contributed by atoms with Gasteiger partial charge in [-0.25, -0.2) is 0 Å². The fourth-order valence-corrected chi connectivity index (χ4v) is 6.93. The summed E-state index contributed by atoms with van der Waals surface area (Å²) in [5.74, 6) is 2.32. The van der Waals surface area contributed by atoms with Crippen molar-refractivity contribution in [2.24, 2.45) is 39.7 Å². The number of nitrogens with zero attached hydrogens (tertiary/aromatic N) is 1. The molecule has 4 aliphatic carbocycles. The second-order valence-electron chi connectivity index (χ2n) is 9.12. The van der Waals surface area contributed by atoms with E-state index in [9.17, 15) is 15.1 Å². The highest BCUT2D eigenvalue weighted by atomic mass is 16.4. The van der Waals surface area contributed by atoms with Crippen LogP contribution in [0.2, 0.25) is 0 Å². The van der Waals surface area contributed by atoms with Gasteiger partial charge in [-0.2, -0.15) is 0 Å². The Hall–Kier alpha value is -0.900. The SMILES string of the molecule is C[C@]12CC[C@@H](O)C[C@@H]1CC[C@H]1[C@H]2CC[C@@]2(C)C(=O)C(=NO)C[C@H]12. The first-order valence-electron chi connectivity index (χ1n) is 9.34. The van der Waals surface area contributed by atoms with Gasteiger partial charge < -0.3 is 10.3 Å². The number of oxime groups is 1. The molecule has 0 bridgehead atoms. The smallest absolute Gasteiger partial charge is 0.186 e. The van der Waals surface area contributed by atoms with Gasteiger partial charge in [0.15, 0.2) is 5.78 Å². The maximum absolute atomic E-state index is 12.6. The molecule has 4 nitrogen and oxygen atoms in total. The topological polar surface area (TPSA) is 69.9 Å². The molecule has 0 saturated heterocycles. The molecule has 4 saturated carbocycles. The van der Waals surface area contributed by atoms with Crippen molar-refractivity contribution in [1.29, 1.82) is 0 Å². The fraction of sp³-hybridized carbons (Fsp3) is 0.895. The largest absolute Gasteiger partial charge is 0.411 e. The summed E-state index contributed by atoms with van der Waals surface area (Å²) in [6.07, 6.45) is 7.97. The monoisotopic (exact) mass is 319 g/mol. The van der Waals surface area contributed by atoms with E-state index >= 15 is 0 Å². The first-order valence-corrected chi connectivity index (χ1v) is 9.34. The van der Waals surface area contributed by atoms with E-state index in [1.807, 2.05) is 0 Å². The molecule has 23 heavy (non-hydrogen) atoms. The molecule has 0 aromatic carbocycles. The van der Waals surface area contributed by atoms with Crippen LogP contribution in [0.5, 0.6) is 0 Å². The van der Waals surface area contributed by atoms with Crippen LogP contribution in [0.1, 0.15) is 65.2 Å². The number of ketones is 1. The third-order valence-corrected chi connectivity index (χ3v) is 8.34. The number of aliphatic hydroxyl groups is 1. The quantitative estimate of drug-likeness (QED) is 0.531. The van der Waals surface area contributed by atoms with Crippen molar-refractivity contribution in [3.05, 3.63) is 0 Å². The van der Waals surface area contributed by atoms with Crippen LogP contribution < -0.4 is 0 Å². The third kappa shape index (κ3) is 2.00. The first kappa shape index (κ1) is 15.6. The molecule has 4 fully saturated rings. The normalized spacial score (nSPS) is 54.5. The van der Waals surface area contributed by atoms with Gasteiger partial charge in [0, 0.05) is 11.8 Å². The molecule has 128 valence electrons. The molecule has 0 radical (unpaired) electrons. The number of Topliss-reactive ketones (excluding diaryl/α,β-unsaturated/α-hetero) is 1. The van der Waals surface area contributed by atoms with Crippen LogP contribution in [0.15, 0.2) is 5.16 Å². The molecule has 0 amide bonds. The molecule has 4 heteroatoms. The number of hydrogen-bond donors (Lipinski definition) is 2. The summed E-state index contributed by atoms with van der Waals surface area (Å²) in [6, 6.07) is 0. The zero-order valence-electron chi connectivity index (χ0n) is 14.3. The number of carbonyl (C=O) groups excluding carboxylic acids is 1. The Morgan fingerprint density at radius 3 is 2.61 bits per heavy atom. The summed E-state index contributed by atoms with van der Waals surface area (Å²) in [5.41, 5.74) is 0.427. The fourth-order valence-electron chi connectivity index (χ4n) is 6.93. The molecule has 7 atom stereocenters. The van der Waals surface area contributed by atoms with E-state index in [0.29, 0.717) is 41.2 Å². The van der Waals surface area contributed by atoms with E-state index < -0.39 is 0 Å². The average molecular weight is 319 g/mol.